The monoisotopic (exact) mass is 267 g/mol. The fourth-order valence-corrected chi connectivity index (χ4v) is 2.01. The minimum absolute atomic E-state index is 0.182. The standard InChI is InChI=1S/C13H17NO3S/c1-9-4-6-11(7-5-9)18-8-12(15)14-10(2)13(16)17-3/h4-7,10H,8H2,1-3H3,(H,14,15)/t10-/m1/s1. The number of hydrogen-bond donors (Lipinski definition) is 1. The maximum absolute atomic E-state index is 11.6. The van der Waals surface area contributed by atoms with Crippen LogP contribution in [0.5, 0.6) is 0 Å². The van der Waals surface area contributed by atoms with Crippen LogP contribution in [-0.4, -0.2) is 30.8 Å². The van der Waals surface area contributed by atoms with Gasteiger partial charge in [-0.15, -0.1) is 11.8 Å². The van der Waals surface area contributed by atoms with Crippen molar-refractivity contribution < 1.29 is 14.3 Å². The number of aryl methyl sites for hydroxylation is 1. The number of carbonyl (C=O) groups excluding carboxylic acids is 2. The second kappa shape index (κ2) is 7.06. The molecule has 0 saturated heterocycles. The van der Waals surface area contributed by atoms with Crippen LogP contribution >= 0.6 is 11.8 Å². The number of ether oxygens (including phenoxy) is 1. The number of esters is 1. The summed E-state index contributed by atoms with van der Waals surface area (Å²) >= 11 is 1.43. The quantitative estimate of drug-likeness (QED) is 0.652. The molecule has 0 unspecified atom stereocenters. The van der Waals surface area contributed by atoms with Crippen LogP contribution in [0.15, 0.2) is 29.2 Å². The summed E-state index contributed by atoms with van der Waals surface area (Å²) < 4.78 is 4.53. The van der Waals surface area contributed by atoms with Crippen LogP contribution < -0.4 is 5.32 Å². The first-order valence-corrected chi connectivity index (χ1v) is 6.58. The van der Waals surface area contributed by atoms with Gasteiger partial charge in [-0.1, -0.05) is 17.7 Å². The van der Waals surface area contributed by atoms with Gasteiger partial charge in [-0.25, -0.2) is 4.79 Å². The van der Waals surface area contributed by atoms with Gasteiger partial charge in [0.05, 0.1) is 12.9 Å². The first-order chi connectivity index (χ1) is 8.52. The fraction of sp³-hybridized carbons (Fsp3) is 0.385. The van der Waals surface area contributed by atoms with Crippen LogP contribution in [0.3, 0.4) is 0 Å². The molecule has 1 atom stereocenters. The first-order valence-electron chi connectivity index (χ1n) is 5.59. The summed E-state index contributed by atoms with van der Waals surface area (Å²) in [7, 11) is 1.30. The molecule has 1 aromatic rings. The third-order valence-electron chi connectivity index (χ3n) is 2.32. The zero-order chi connectivity index (χ0) is 13.5. The second-order valence-corrected chi connectivity index (χ2v) is 4.96. The average Bonchev–Trinajstić information content (AvgIpc) is 2.37. The Morgan fingerprint density at radius 2 is 1.94 bits per heavy atom. The number of methoxy groups -OCH3 is 1. The van der Waals surface area contributed by atoms with Gasteiger partial charge in [-0.2, -0.15) is 0 Å². The Labute approximate surface area is 111 Å². The van der Waals surface area contributed by atoms with E-state index in [0.717, 1.165) is 4.90 Å². The van der Waals surface area contributed by atoms with Crippen LogP contribution in [0.4, 0.5) is 0 Å². The number of benzene rings is 1. The Morgan fingerprint density at radius 1 is 1.33 bits per heavy atom. The zero-order valence-corrected chi connectivity index (χ0v) is 11.5. The van der Waals surface area contributed by atoms with E-state index in [4.69, 9.17) is 0 Å². The molecule has 0 aliphatic heterocycles. The molecule has 5 heteroatoms. The molecule has 0 heterocycles. The Morgan fingerprint density at radius 3 is 2.50 bits per heavy atom. The van der Waals surface area contributed by atoms with Gasteiger partial charge in [0, 0.05) is 4.90 Å². The predicted molar refractivity (Wildman–Crippen MR) is 71.5 cm³/mol. The maximum Gasteiger partial charge on any atom is 0.328 e. The summed E-state index contributed by atoms with van der Waals surface area (Å²) in [4.78, 5) is 23.7. The topological polar surface area (TPSA) is 55.4 Å². The molecule has 0 aliphatic rings. The fourth-order valence-electron chi connectivity index (χ4n) is 1.30. The van der Waals surface area contributed by atoms with Crippen molar-refractivity contribution >= 4 is 23.6 Å². The number of rotatable bonds is 5. The normalized spacial score (nSPS) is 11.7. The summed E-state index contributed by atoms with van der Waals surface area (Å²) in [5.41, 5.74) is 1.18. The van der Waals surface area contributed by atoms with Crippen LogP contribution in [0, 0.1) is 6.92 Å². The molecule has 1 N–H and O–H groups in total. The average molecular weight is 267 g/mol. The van der Waals surface area contributed by atoms with E-state index in [2.05, 4.69) is 10.1 Å². The SMILES string of the molecule is COC(=O)[C@@H](C)NC(=O)CSc1ccc(C)cc1. The number of thioether (sulfide) groups is 1. The predicted octanol–water partition coefficient (Wildman–Crippen LogP) is 1.76. The van der Waals surface area contributed by atoms with Crippen molar-refractivity contribution in [3.8, 4) is 0 Å². The van der Waals surface area contributed by atoms with Gasteiger partial charge in [-0.05, 0) is 26.0 Å². The zero-order valence-electron chi connectivity index (χ0n) is 10.7. The van der Waals surface area contributed by atoms with E-state index in [0.29, 0.717) is 0 Å². The number of amides is 1. The molecule has 0 spiro atoms. The Bertz CT molecular complexity index is 417. The van der Waals surface area contributed by atoms with Gasteiger partial charge < -0.3 is 10.1 Å². The summed E-state index contributed by atoms with van der Waals surface area (Å²) in [5, 5.41) is 2.58. The maximum atomic E-state index is 11.6. The van der Waals surface area contributed by atoms with Gasteiger partial charge in [-0.3, -0.25) is 4.79 Å². The van der Waals surface area contributed by atoms with Gasteiger partial charge in [0.2, 0.25) is 5.91 Å². The molecule has 1 rings (SSSR count). The molecule has 1 aromatic carbocycles. The first kappa shape index (κ1) is 14.6. The van der Waals surface area contributed by atoms with E-state index in [1.807, 2.05) is 31.2 Å². The van der Waals surface area contributed by atoms with E-state index in [9.17, 15) is 9.59 Å². The molecule has 18 heavy (non-hydrogen) atoms. The van der Waals surface area contributed by atoms with Crippen molar-refractivity contribution in [2.45, 2.75) is 24.8 Å². The molecule has 0 bridgehead atoms. The largest absolute Gasteiger partial charge is 0.467 e. The van der Waals surface area contributed by atoms with Crippen LogP contribution in [0.1, 0.15) is 12.5 Å². The lowest BCUT2D eigenvalue weighted by molar-refractivity contribution is -0.144. The van der Waals surface area contributed by atoms with Gasteiger partial charge in [0.25, 0.3) is 0 Å². The Kier molecular flexibility index (Phi) is 5.71. The van der Waals surface area contributed by atoms with Gasteiger partial charge in [0.1, 0.15) is 6.04 Å². The minimum atomic E-state index is -0.610. The van der Waals surface area contributed by atoms with Gasteiger partial charge >= 0.3 is 5.97 Å². The molecule has 1 amide bonds. The third kappa shape index (κ3) is 4.79. The van der Waals surface area contributed by atoms with E-state index in [1.165, 1.54) is 24.4 Å². The highest BCUT2D eigenvalue weighted by Crippen LogP contribution is 2.17. The third-order valence-corrected chi connectivity index (χ3v) is 3.34. The molecule has 0 saturated carbocycles. The molecule has 0 aromatic heterocycles. The summed E-state index contributed by atoms with van der Waals surface area (Å²) in [6.07, 6.45) is 0. The minimum Gasteiger partial charge on any atom is -0.467 e. The number of carbonyl (C=O) groups is 2. The number of nitrogens with one attached hydrogen (secondary N) is 1. The smallest absolute Gasteiger partial charge is 0.328 e. The highest BCUT2D eigenvalue weighted by atomic mass is 32.2. The summed E-state index contributed by atoms with van der Waals surface area (Å²) in [6.45, 7) is 3.61. The number of hydrogen-bond acceptors (Lipinski definition) is 4. The molecule has 0 fully saturated rings. The Balaban J connectivity index is 2.37. The van der Waals surface area contributed by atoms with Crippen LogP contribution in [0.25, 0.3) is 0 Å². The lowest BCUT2D eigenvalue weighted by Gasteiger charge is -2.11. The molecular formula is C13H17NO3S. The Hall–Kier alpha value is -1.49. The van der Waals surface area contributed by atoms with Crippen LogP contribution in [-0.2, 0) is 14.3 Å². The lowest BCUT2D eigenvalue weighted by Crippen LogP contribution is -2.40. The van der Waals surface area contributed by atoms with Crippen molar-refractivity contribution in [3.63, 3.8) is 0 Å². The van der Waals surface area contributed by atoms with Crippen molar-refractivity contribution in [1.82, 2.24) is 5.32 Å². The van der Waals surface area contributed by atoms with Gasteiger partial charge in [0.15, 0.2) is 0 Å². The second-order valence-electron chi connectivity index (χ2n) is 3.91. The molecule has 4 nitrogen and oxygen atoms in total. The molecule has 98 valence electrons. The molecule has 0 radical (unpaired) electrons. The van der Waals surface area contributed by atoms with Crippen molar-refractivity contribution in [3.05, 3.63) is 29.8 Å². The highest BCUT2D eigenvalue weighted by Gasteiger charge is 2.15. The van der Waals surface area contributed by atoms with E-state index in [-0.39, 0.29) is 11.7 Å². The van der Waals surface area contributed by atoms with E-state index in [1.54, 1.807) is 6.92 Å². The summed E-state index contributed by atoms with van der Waals surface area (Å²) in [5.74, 6) is -0.341. The molecular weight excluding hydrogens is 250 g/mol. The lowest BCUT2D eigenvalue weighted by atomic mass is 10.2. The summed E-state index contributed by atoms with van der Waals surface area (Å²) in [6, 6.07) is 7.32. The van der Waals surface area contributed by atoms with E-state index < -0.39 is 12.0 Å². The van der Waals surface area contributed by atoms with Crippen LogP contribution in [0.2, 0.25) is 0 Å². The highest BCUT2D eigenvalue weighted by molar-refractivity contribution is 8.00. The van der Waals surface area contributed by atoms with Crippen molar-refractivity contribution in [2.24, 2.45) is 0 Å². The van der Waals surface area contributed by atoms with Crippen molar-refractivity contribution in [2.75, 3.05) is 12.9 Å². The molecule has 0 aliphatic carbocycles. The van der Waals surface area contributed by atoms with Crippen molar-refractivity contribution in [1.29, 1.82) is 0 Å². The van der Waals surface area contributed by atoms with E-state index >= 15 is 0 Å².